The van der Waals surface area contributed by atoms with Gasteiger partial charge in [0.25, 0.3) is 5.91 Å². The van der Waals surface area contributed by atoms with Gasteiger partial charge in [0.2, 0.25) is 0 Å². The van der Waals surface area contributed by atoms with Crippen LogP contribution in [0.2, 0.25) is 0 Å². The van der Waals surface area contributed by atoms with Crippen LogP contribution in [0.15, 0.2) is 54.7 Å². The van der Waals surface area contributed by atoms with Crippen LogP contribution in [0.4, 0.5) is 11.4 Å². The fourth-order valence-electron chi connectivity index (χ4n) is 2.33. The largest absolute Gasteiger partial charge is 0.389 e. The number of nitrogens with one attached hydrogen (secondary N) is 2. The molecule has 1 aliphatic rings. The summed E-state index contributed by atoms with van der Waals surface area (Å²) in [4.78, 5) is 12.0. The quantitative estimate of drug-likeness (QED) is 0.757. The minimum Gasteiger partial charge on any atom is -0.389 e. The van der Waals surface area contributed by atoms with Gasteiger partial charge in [0.15, 0.2) is 0 Å². The Morgan fingerprint density at radius 1 is 1.19 bits per heavy atom. The van der Waals surface area contributed by atoms with Crippen molar-refractivity contribution < 1.29 is 9.90 Å². The van der Waals surface area contributed by atoms with Crippen LogP contribution in [-0.2, 0) is 4.79 Å². The molecule has 0 aromatic heterocycles. The van der Waals surface area contributed by atoms with Gasteiger partial charge in [0.1, 0.15) is 0 Å². The second-order valence-electron chi connectivity index (χ2n) is 5.00. The minimum atomic E-state index is -0.519. The third-order valence-electron chi connectivity index (χ3n) is 3.46. The first-order valence-corrected chi connectivity index (χ1v) is 6.80. The van der Waals surface area contributed by atoms with Crippen molar-refractivity contribution in [3.8, 4) is 0 Å². The summed E-state index contributed by atoms with van der Waals surface area (Å²) in [7, 11) is 0. The van der Waals surface area contributed by atoms with E-state index in [1.807, 2.05) is 48.5 Å². The lowest BCUT2D eigenvalue weighted by molar-refractivity contribution is -0.110. The summed E-state index contributed by atoms with van der Waals surface area (Å²) < 4.78 is 0. The topological polar surface area (TPSA) is 61.4 Å². The molecule has 0 saturated carbocycles. The average Bonchev–Trinajstić information content (AvgIpc) is 2.81. The van der Waals surface area contributed by atoms with Crippen molar-refractivity contribution in [2.75, 3.05) is 10.6 Å². The molecule has 0 spiro atoms. The molecule has 21 heavy (non-hydrogen) atoms. The molecule has 0 aliphatic carbocycles. The van der Waals surface area contributed by atoms with E-state index in [1.54, 1.807) is 13.1 Å². The normalized spacial score (nSPS) is 16.5. The zero-order chi connectivity index (χ0) is 14.8. The summed E-state index contributed by atoms with van der Waals surface area (Å²) in [5.41, 5.74) is 3.98. The Bertz CT molecular complexity index is 720. The highest BCUT2D eigenvalue weighted by Gasteiger charge is 2.23. The number of amides is 1. The van der Waals surface area contributed by atoms with Crippen molar-refractivity contribution in [3.05, 3.63) is 65.9 Å². The van der Waals surface area contributed by atoms with E-state index in [4.69, 9.17) is 0 Å². The van der Waals surface area contributed by atoms with Gasteiger partial charge in [0, 0.05) is 23.1 Å². The Hall–Kier alpha value is -2.59. The lowest BCUT2D eigenvalue weighted by atomic mass is 10.1. The van der Waals surface area contributed by atoms with E-state index in [1.165, 1.54) is 0 Å². The van der Waals surface area contributed by atoms with E-state index in [9.17, 15) is 9.90 Å². The van der Waals surface area contributed by atoms with Gasteiger partial charge in [-0.1, -0.05) is 30.3 Å². The number of fused-ring (bicyclic) bond motifs is 1. The van der Waals surface area contributed by atoms with Gasteiger partial charge in [-0.05, 0) is 30.7 Å². The third-order valence-corrected chi connectivity index (χ3v) is 3.46. The molecule has 4 heteroatoms. The van der Waals surface area contributed by atoms with Gasteiger partial charge in [-0.15, -0.1) is 0 Å². The predicted octanol–water partition coefficient (Wildman–Crippen LogP) is 3.15. The summed E-state index contributed by atoms with van der Waals surface area (Å²) in [5.74, 6) is -0.115. The molecule has 1 atom stereocenters. The zero-order valence-corrected chi connectivity index (χ0v) is 11.6. The fraction of sp³-hybridized carbons (Fsp3) is 0.118. The third kappa shape index (κ3) is 2.66. The maximum atomic E-state index is 12.0. The second-order valence-corrected chi connectivity index (χ2v) is 5.00. The molecule has 4 nitrogen and oxygen atoms in total. The van der Waals surface area contributed by atoms with Crippen LogP contribution >= 0.6 is 0 Å². The lowest BCUT2D eigenvalue weighted by Crippen LogP contribution is -2.05. The summed E-state index contributed by atoms with van der Waals surface area (Å²) in [6.07, 6.45) is 1.18. The molecule has 0 radical (unpaired) electrons. The van der Waals surface area contributed by atoms with Crippen molar-refractivity contribution in [2.45, 2.75) is 13.0 Å². The molecule has 3 N–H and O–H groups in total. The number of aliphatic hydroxyl groups excluding tert-OH is 1. The number of anilines is 2. The lowest BCUT2D eigenvalue weighted by Gasteiger charge is -2.07. The highest BCUT2D eigenvalue weighted by molar-refractivity contribution is 6.31. The molecule has 2 aromatic carbocycles. The van der Waals surface area contributed by atoms with Crippen LogP contribution in [0.25, 0.3) is 5.57 Å². The van der Waals surface area contributed by atoms with Crippen molar-refractivity contribution in [1.82, 2.24) is 0 Å². The second kappa shape index (κ2) is 5.42. The van der Waals surface area contributed by atoms with Gasteiger partial charge < -0.3 is 15.7 Å². The fourth-order valence-corrected chi connectivity index (χ4v) is 2.33. The molecule has 0 saturated heterocycles. The molecule has 106 valence electrons. The number of para-hydroxylation sites is 1. The highest BCUT2D eigenvalue weighted by Crippen LogP contribution is 2.31. The molecular weight excluding hydrogens is 264 g/mol. The maximum absolute atomic E-state index is 12.0. The zero-order valence-electron chi connectivity index (χ0n) is 11.6. The first kappa shape index (κ1) is 13.4. The Morgan fingerprint density at radius 2 is 2.00 bits per heavy atom. The molecule has 0 bridgehead atoms. The van der Waals surface area contributed by atoms with Crippen molar-refractivity contribution in [2.24, 2.45) is 0 Å². The maximum Gasteiger partial charge on any atom is 0.257 e. The number of hydrogen-bond acceptors (Lipinski definition) is 3. The van der Waals surface area contributed by atoms with Gasteiger partial charge in [-0.25, -0.2) is 0 Å². The van der Waals surface area contributed by atoms with E-state index in [2.05, 4.69) is 10.6 Å². The van der Waals surface area contributed by atoms with Crippen LogP contribution in [-0.4, -0.2) is 11.0 Å². The number of carbonyl (C=O) groups is 1. The highest BCUT2D eigenvalue weighted by atomic mass is 16.3. The minimum absolute atomic E-state index is 0.115. The van der Waals surface area contributed by atoms with Crippen molar-refractivity contribution in [3.63, 3.8) is 0 Å². The van der Waals surface area contributed by atoms with E-state index in [-0.39, 0.29) is 5.91 Å². The number of hydrogen-bond donors (Lipinski definition) is 3. The molecule has 1 unspecified atom stereocenters. The standard InChI is InChI=1S/C17H16N2O2/c1-11(20)12-5-4-6-13(9-12)18-10-15-14-7-2-3-8-16(14)19-17(15)21/h2-11,18,20H,1H3,(H,19,21)/b15-10+. The van der Waals surface area contributed by atoms with Crippen LogP contribution < -0.4 is 10.6 Å². The average molecular weight is 280 g/mol. The summed E-state index contributed by atoms with van der Waals surface area (Å²) in [6.45, 7) is 1.72. The molecule has 0 fully saturated rings. The Kier molecular flexibility index (Phi) is 3.46. The van der Waals surface area contributed by atoms with E-state index in [0.29, 0.717) is 5.57 Å². The monoisotopic (exact) mass is 280 g/mol. The number of rotatable bonds is 3. The van der Waals surface area contributed by atoms with E-state index in [0.717, 1.165) is 22.5 Å². The number of carbonyl (C=O) groups excluding carboxylic acids is 1. The van der Waals surface area contributed by atoms with Crippen LogP contribution in [0.3, 0.4) is 0 Å². The Labute approximate surface area is 123 Å². The molecular formula is C17H16N2O2. The summed E-state index contributed by atoms with van der Waals surface area (Å²) in [5, 5.41) is 15.5. The van der Waals surface area contributed by atoms with Gasteiger partial charge in [-0.2, -0.15) is 0 Å². The summed E-state index contributed by atoms with van der Waals surface area (Å²) in [6, 6.07) is 15.1. The van der Waals surface area contributed by atoms with Gasteiger partial charge in [0.05, 0.1) is 11.7 Å². The van der Waals surface area contributed by atoms with Gasteiger partial charge in [-0.3, -0.25) is 4.79 Å². The summed E-state index contributed by atoms with van der Waals surface area (Å²) >= 11 is 0. The first-order valence-electron chi connectivity index (χ1n) is 6.80. The van der Waals surface area contributed by atoms with E-state index < -0.39 is 6.10 Å². The Balaban J connectivity index is 1.87. The SMILES string of the molecule is CC(O)c1cccc(N/C=C2/C(=O)Nc3ccccc32)c1. The molecule has 1 heterocycles. The van der Waals surface area contributed by atoms with Crippen LogP contribution in [0, 0.1) is 0 Å². The Morgan fingerprint density at radius 3 is 2.81 bits per heavy atom. The predicted molar refractivity (Wildman–Crippen MR) is 83.7 cm³/mol. The van der Waals surface area contributed by atoms with E-state index >= 15 is 0 Å². The van der Waals surface area contributed by atoms with Gasteiger partial charge >= 0.3 is 0 Å². The van der Waals surface area contributed by atoms with Crippen molar-refractivity contribution >= 4 is 22.9 Å². The smallest absolute Gasteiger partial charge is 0.257 e. The number of aliphatic hydroxyl groups is 1. The molecule has 2 aromatic rings. The first-order chi connectivity index (χ1) is 10.1. The molecule has 1 aliphatic heterocycles. The molecule has 3 rings (SSSR count). The van der Waals surface area contributed by atoms with Crippen LogP contribution in [0.1, 0.15) is 24.2 Å². The van der Waals surface area contributed by atoms with Crippen molar-refractivity contribution in [1.29, 1.82) is 0 Å². The molecule has 1 amide bonds. The van der Waals surface area contributed by atoms with Crippen LogP contribution in [0.5, 0.6) is 0 Å². The number of benzene rings is 2.